The van der Waals surface area contributed by atoms with Crippen molar-refractivity contribution in [2.75, 3.05) is 18.1 Å². The maximum atomic E-state index is 11.6. The first-order chi connectivity index (χ1) is 12.2. The molecule has 0 aliphatic carbocycles. The number of aryl methyl sites for hydroxylation is 1. The standard InChI is InChI=1S/C19H18N4O2/c1-13-10-18(24)22-19(21-13)14-6-7-17(20-11-14)23-8-9-25-16-5-3-2-4-15(16)12-23/h2-7,10-11H,8-9,12H2,1H3,(H,21,22,24). The van der Waals surface area contributed by atoms with Crippen LogP contribution in [0.3, 0.4) is 0 Å². The SMILES string of the molecule is Cc1cc(=O)[nH]c(-c2ccc(N3CCOc4ccccc4C3)nc2)n1. The van der Waals surface area contributed by atoms with E-state index < -0.39 is 0 Å². The highest BCUT2D eigenvalue weighted by molar-refractivity contribution is 5.56. The van der Waals surface area contributed by atoms with E-state index in [9.17, 15) is 4.79 Å². The molecule has 126 valence electrons. The van der Waals surface area contributed by atoms with Gasteiger partial charge in [0.2, 0.25) is 0 Å². The van der Waals surface area contributed by atoms with E-state index in [2.05, 4.69) is 25.9 Å². The fraction of sp³-hybridized carbons (Fsp3) is 0.211. The minimum Gasteiger partial charge on any atom is -0.491 e. The molecule has 0 atom stereocenters. The second kappa shape index (κ2) is 6.39. The summed E-state index contributed by atoms with van der Waals surface area (Å²) in [5.41, 5.74) is 2.46. The minimum atomic E-state index is -0.159. The number of aromatic amines is 1. The average molecular weight is 334 g/mol. The molecule has 0 spiro atoms. The number of rotatable bonds is 2. The lowest BCUT2D eigenvalue weighted by Crippen LogP contribution is -2.26. The highest BCUT2D eigenvalue weighted by Crippen LogP contribution is 2.25. The predicted octanol–water partition coefficient (Wildman–Crippen LogP) is 2.54. The van der Waals surface area contributed by atoms with Crippen LogP contribution in [-0.2, 0) is 6.54 Å². The van der Waals surface area contributed by atoms with E-state index in [0.29, 0.717) is 18.1 Å². The van der Waals surface area contributed by atoms with E-state index in [1.165, 1.54) is 6.07 Å². The van der Waals surface area contributed by atoms with Crippen molar-refractivity contribution in [1.29, 1.82) is 0 Å². The lowest BCUT2D eigenvalue weighted by Gasteiger charge is -2.21. The molecule has 3 aromatic rings. The van der Waals surface area contributed by atoms with Crippen LogP contribution >= 0.6 is 0 Å². The average Bonchev–Trinajstić information content (AvgIpc) is 2.83. The Hall–Kier alpha value is -3.15. The summed E-state index contributed by atoms with van der Waals surface area (Å²) < 4.78 is 5.80. The smallest absolute Gasteiger partial charge is 0.251 e. The molecule has 6 heteroatoms. The Kier molecular flexibility index (Phi) is 3.93. The van der Waals surface area contributed by atoms with E-state index in [0.717, 1.165) is 35.8 Å². The molecule has 1 N–H and O–H groups in total. The number of hydrogen-bond donors (Lipinski definition) is 1. The van der Waals surface area contributed by atoms with Crippen molar-refractivity contribution in [2.24, 2.45) is 0 Å². The summed E-state index contributed by atoms with van der Waals surface area (Å²) in [5, 5.41) is 0. The van der Waals surface area contributed by atoms with Crippen LogP contribution in [0.2, 0.25) is 0 Å². The molecule has 0 bridgehead atoms. The van der Waals surface area contributed by atoms with E-state index in [1.54, 1.807) is 13.1 Å². The first-order valence-corrected chi connectivity index (χ1v) is 8.19. The number of benzene rings is 1. The Morgan fingerprint density at radius 2 is 2.08 bits per heavy atom. The van der Waals surface area contributed by atoms with E-state index in [1.807, 2.05) is 30.3 Å². The van der Waals surface area contributed by atoms with Crippen molar-refractivity contribution < 1.29 is 4.74 Å². The Morgan fingerprint density at radius 1 is 1.20 bits per heavy atom. The van der Waals surface area contributed by atoms with Gasteiger partial charge in [0.15, 0.2) is 0 Å². The third kappa shape index (κ3) is 3.24. The van der Waals surface area contributed by atoms with Crippen LogP contribution in [0.5, 0.6) is 5.75 Å². The van der Waals surface area contributed by atoms with Crippen LogP contribution in [0.25, 0.3) is 11.4 Å². The number of para-hydroxylation sites is 1. The van der Waals surface area contributed by atoms with Gasteiger partial charge in [0.05, 0.1) is 6.54 Å². The number of H-pyrrole nitrogens is 1. The fourth-order valence-electron chi connectivity index (χ4n) is 2.95. The Bertz CT molecular complexity index is 950. The van der Waals surface area contributed by atoms with Crippen molar-refractivity contribution in [3.63, 3.8) is 0 Å². The van der Waals surface area contributed by atoms with Gasteiger partial charge in [-0.05, 0) is 25.1 Å². The van der Waals surface area contributed by atoms with Crippen molar-refractivity contribution in [2.45, 2.75) is 13.5 Å². The zero-order valence-electron chi connectivity index (χ0n) is 13.9. The molecule has 4 rings (SSSR count). The number of pyridine rings is 1. The summed E-state index contributed by atoms with van der Waals surface area (Å²) >= 11 is 0. The molecule has 3 heterocycles. The molecule has 0 unspecified atom stereocenters. The van der Waals surface area contributed by atoms with Crippen LogP contribution in [-0.4, -0.2) is 28.1 Å². The van der Waals surface area contributed by atoms with Crippen LogP contribution in [0.1, 0.15) is 11.3 Å². The summed E-state index contributed by atoms with van der Waals surface area (Å²) in [6, 6.07) is 13.4. The molecule has 1 aromatic carbocycles. The summed E-state index contributed by atoms with van der Waals surface area (Å²) in [6.07, 6.45) is 1.74. The van der Waals surface area contributed by atoms with Crippen LogP contribution < -0.4 is 15.2 Å². The maximum absolute atomic E-state index is 11.6. The summed E-state index contributed by atoms with van der Waals surface area (Å²) in [6.45, 7) is 3.94. The molecule has 1 aliphatic heterocycles. The number of anilines is 1. The van der Waals surface area contributed by atoms with Gasteiger partial charge in [0.25, 0.3) is 5.56 Å². The van der Waals surface area contributed by atoms with Gasteiger partial charge in [-0.2, -0.15) is 0 Å². The molecule has 25 heavy (non-hydrogen) atoms. The van der Waals surface area contributed by atoms with Gasteiger partial charge in [-0.25, -0.2) is 9.97 Å². The van der Waals surface area contributed by atoms with Crippen LogP contribution in [0.4, 0.5) is 5.82 Å². The molecular weight excluding hydrogens is 316 g/mol. The van der Waals surface area contributed by atoms with Gasteiger partial charge in [0.1, 0.15) is 24.0 Å². The predicted molar refractivity (Wildman–Crippen MR) is 95.8 cm³/mol. The highest BCUT2D eigenvalue weighted by atomic mass is 16.5. The lowest BCUT2D eigenvalue weighted by molar-refractivity contribution is 0.331. The van der Waals surface area contributed by atoms with Gasteiger partial charge in [-0.1, -0.05) is 18.2 Å². The molecule has 1 aliphatic rings. The summed E-state index contributed by atoms with van der Waals surface area (Å²) in [4.78, 5) is 25.5. The van der Waals surface area contributed by atoms with Crippen molar-refractivity contribution >= 4 is 5.82 Å². The number of nitrogens with zero attached hydrogens (tertiary/aromatic N) is 3. The monoisotopic (exact) mass is 334 g/mol. The van der Waals surface area contributed by atoms with Crippen molar-refractivity contribution in [3.05, 3.63) is 70.3 Å². The third-order valence-electron chi connectivity index (χ3n) is 4.17. The number of aromatic nitrogens is 3. The second-order valence-corrected chi connectivity index (χ2v) is 6.02. The lowest BCUT2D eigenvalue weighted by atomic mass is 10.2. The number of nitrogens with one attached hydrogen (secondary N) is 1. The molecule has 2 aromatic heterocycles. The molecule has 0 saturated carbocycles. The molecule has 6 nitrogen and oxygen atoms in total. The minimum absolute atomic E-state index is 0.159. The zero-order chi connectivity index (χ0) is 17.2. The van der Waals surface area contributed by atoms with E-state index in [-0.39, 0.29) is 5.56 Å². The largest absolute Gasteiger partial charge is 0.491 e. The fourth-order valence-corrected chi connectivity index (χ4v) is 2.95. The van der Waals surface area contributed by atoms with Gasteiger partial charge in [-0.3, -0.25) is 4.79 Å². The third-order valence-corrected chi connectivity index (χ3v) is 4.17. The first-order valence-electron chi connectivity index (χ1n) is 8.19. The maximum Gasteiger partial charge on any atom is 0.251 e. The Labute approximate surface area is 145 Å². The second-order valence-electron chi connectivity index (χ2n) is 6.02. The topological polar surface area (TPSA) is 71.1 Å². The number of fused-ring (bicyclic) bond motifs is 1. The quantitative estimate of drug-likeness (QED) is 0.780. The van der Waals surface area contributed by atoms with Crippen LogP contribution in [0, 0.1) is 6.92 Å². The zero-order valence-corrected chi connectivity index (χ0v) is 13.9. The summed E-state index contributed by atoms with van der Waals surface area (Å²) in [7, 11) is 0. The molecule has 0 saturated heterocycles. The molecule has 0 amide bonds. The van der Waals surface area contributed by atoms with Gasteiger partial charge < -0.3 is 14.6 Å². The van der Waals surface area contributed by atoms with Gasteiger partial charge in [-0.15, -0.1) is 0 Å². The molecule has 0 radical (unpaired) electrons. The van der Waals surface area contributed by atoms with E-state index in [4.69, 9.17) is 4.74 Å². The van der Waals surface area contributed by atoms with Crippen molar-refractivity contribution in [1.82, 2.24) is 15.0 Å². The van der Waals surface area contributed by atoms with Gasteiger partial charge in [0, 0.05) is 35.6 Å². The Balaban J connectivity index is 1.61. The van der Waals surface area contributed by atoms with Crippen LogP contribution in [0.15, 0.2) is 53.5 Å². The van der Waals surface area contributed by atoms with E-state index >= 15 is 0 Å². The summed E-state index contributed by atoms with van der Waals surface area (Å²) in [5.74, 6) is 2.34. The Morgan fingerprint density at radius 3 is 2.88 bits per heavy atom. The molecular formula is C19H18N4O2. The molecule has 0 fully saturated rings. The number of ether oxygens (including phenoxy) is 1. The van der Waals surface area contributed by atoms with Crippen molar-refractivity contribution in [3.8, 4) is 17.1 Å². The van der Waals surface area contributed by atoms with Gasteiger partial charge >= 0.3 is 0 Å². The first kappa shape index (κ1) is 15.4. The normalized spacial score (nSPS) is 13.7. The highest BCUT2D eigenvalue weighted by Gasteiger charge is 2.16. The number of hydrogen-bond acceptors (Lipinski definition) is 5.